The Morgan fingerprint density at radius 1 is 1.20 bits per heavy atom. The zero-order valence-corrected chi connectivity index (χ0v) is 17.4. The number of carbonyl (C=O) groups is 2. The fraction of sp³-hybridized carbons (Fsp3) is 0.409. The molecule has 1 fully saturated rings. The predicted octanol–water partition coefficient (Wildman–Crippen LogP) is 1.83. The second kappa shape index (κ2) is 9.58. The molecule has 0 unspecified atom stereocenters. The highest BCUT2D eigenvalue weighted by molar-refractivity contribution is 5.94. The molecule has 0 bridgehead atoms. The number of nitrogens with zero attached hydrogens (tertiary/aromatic N) is 2. The molecule has 0 saturated carbocycles. The highest BCUT2D eigenvalue weighted by Gasteiger charge is 2.18. The fourth-order valence-corrected chi connectivity index (χ4v) is 3.55. The largest absolute Gasteiger partial charge is 0.491 e. The Hall–Kier alpha value is -3.13. The number of methoxy groups -OCH3 is 1. The van der Waals surface area contributed by atoms with E-state index in [1.165, 1.54) is 7.11 Å². The summed E-state index contributed by atoms with van der Waals surface area (Å²) in [5.41, 5.74) is 6.74. The van der Waals surface area contributed by atoms with Crippen LogP contribution in [0.15, 0.2) is 41.3 Å². The van der Waals surface area contributed by atoms with Crippen LogP contribution in [0.3, 0.4) is 0 Å². The highest BCUT2D eigenvalue weighted by atomic mass is 16.5. The monoisotopic (exact) mass is 412 g/mol. The van der Waals surface area contributed by atoms with Gasteiger partial charge in [-0.15, -0.1) is 0 Å². The third kappa shape index (κ3) is 5.48. The number of hydrogen-bond donors (Lipinski definition) is 2. The summed E-state index contributed by atoms with van der Waals surface area (Å²) in [6.45, 7) is 4.83. The number of likely N-dealkylation sites (tertiary alicyclic amines) is 1. The van der Waals surface area contributed by atoms with E-state index in [0.29, 0.717) is 23.7 Å². The van der Waals surface area contributed by atoms with E-state index in [-0.39, 0.29) is 23.6 Å². The molecule has 2 heterocycles. The third-order valence-electron chi connectivity index (χ3n) is 5.43. The number of carbonyl (C=O) groups excluding carboxylic acids is 2. The summed E-state index contributed by atoms with van der Waals surface area (Å²) in [5.74, 6) is 0.140. The van der Waals surface area contributed by atoms with Gasteiger partial charge in [0.1, 0.15) is 6.54 Å². The van der Waals surface area contributed by atoms with Gasteiger partial charge >= 0.3 is 0 Å². The lowest BCUT2D eigenvalue weighted by atomic mass is 9.99. The maximum Gasteiger partial charge on any atom is 0.248 e. The Kier molecular flexibility index (Phi) is 6.89. The number of hydrogen-bond acceptors (Lipinski definition) is 5. The van der Waals surface area contributed by atoms with Gasteiger partial charge in [0.2, 0.25) is 17.2 Å². The number of amides is 2. The van der Waals surface area contributed by atoms with Gasteiger partial charge in [-0.25, -0.2) is 0 Å². The summed E-state index contributed by atoms with van der Waals surface area (Å²) in [7, 11) is 1.44. The van der Waals surface area contributed by atoms with Crippen LogP contribution in [0.1, 0.15) is 35.8 Å². The number of piperidine rings is 1. The predicted molar refractivity (Wildman–Crippen MR) is 115 cm³/mol. The summed E-state index contributed by atoms with van der Waals surface area (Å²) in [6.07, 6.45) is 3.84. The Morgan fingerprint density at radius 2 is 1.87 bits per heavy atom. The summed E-state index contributed by atoms with van der Waals surface area (Å²) < 4.78 is 6.91. The summed E-state index contributed by atoms with van der Waals surface area (Å²) in [5, 5.41) is 2.80. The first-order chi connectivity index (χ1) is 14.4. The lowest BCUT2D eigenvalue weighted by Gasteiger charge is -2.31. The van der Waals surface area contributed by atoms with E-state index in [1.54, 1.807) is 41.1 Å². The van der Waals surface area contributed by atoms with Crippen molar-refractivity contribution >= 4 is 17.5 Å². The molecule has 1 saturated heterocycles. The zero-order chi connectivity index (χ0) is 21.7. The number of anilines is 1. The van der Waals surface area contributed by atoms with Crippen LogP contribution in [0.2, 0.25) is 0 Å². The van der Waals surface area contributed by atoms with Crippen LogP contribution in [0.25, 0.3) is 0 Å². The van der Waals surface area contributed by atoms with Crippen LogP contribution < -0.4 is 21.2 Å². The minimum absolute atomic E-state index is 0.0355. The van der Waals surface area contributed by atoms with Crippen molar-refractivity contribution in [1.29, 1.82) is 0 Å². The molecular formula is C22H28N4O4. The summed E-state index contributed by atoms with van der Waals surface area (Å²) >= 11 is 0. The van der Waals surface area contributed by atoms with Crippen LogP contribution in [-0.4, -0.2) is 41.5 Å². The van der Waals surface area contributed by atoms with E-state index in [2.05, 4.69) is 17.1 Å². The number of nitrogens with one attached hydrogen (secondary N) is 1. The molecule has 1 aromatic heterocycles. The van der Waals surface area contributed by atoms with Gasteiger partial charge in [0, 0.05) is 29.6 Å². The maximum absolute atomic E-state index is 12.6. The van der Waals surface area contributed by atoms with Gasteiger partial charge in [-0.3, -0.25) is 19.3 Å². The van der Waals surface area contributed by atoms with E-state index in [9.17, 15) is 14.4 Å². The summed E-state index contributed by atoms with van der Waals surface area (Å²) in [4.78, 5) is 38.4. The average molecular weight is 412 g/mol. The average Bonchev–Trinajstić information content (AvgIpc) is 2.72. The number of benzene rings is 1. The molecule has 1 aliphatic heterocycles. The molecule has 2 aromatic rings. The molecule has 3 rings (SSSR count). The standard InChI is InChI=1S/C22H28N4O4/c1-15-7-9-25(10-8-15)12-18-11-19(27)20(30-2)13-26(18)14-21(28)24-17-5-3-16(4-6-17)22(23)29/h3-6,11,13,15H,7-10,12,14H2,1-2H3,(H2,23,29)(H,24,28). The van der Waals surface area contributed by atoms with Gasteiger partial charge in [-0.1, -0.05) is 6.92 Å². The molecule has 1 aromatic carbocycles. The van der Waals surface area contributed by atoms with E-state index in [1.807, 2.05) is 0 Å². The molecule has 0 aliphatic carbocycles. The molecule has 0 radical (unpaired) electrons. The Bertz CT molecular complexity index is 960. The SMILES string of the molecule is COc1cn(CC(=O)Nc2ccc(C(N)=O)cc2)c(CN2CCC(C)CC2)cc1=O. The van der Waals surface area contributed by atoms with Crippen molar-refractivity contribution in [3.05, 3.63) is 58.0 Å². The number of aromatic nitrogens is 1. The quantitative estimate of drug-likeness (QED) is 0.722. The lowest BCUT2D eigenvalue weighted by molar-refractivity contribution is -0.116. The number of nitrogens with two attached hydrogens (primary N) is 1. The molecule has 0 spiro atoms. The van der Waals surface area contributed by atoms with Crippen LogP contribution in [0.4, 0.5) is 5.69 Å². The molecule has 0 atom stereocenters. The first-order valence-electron chi connectivity index (χ1n) is 10.0. The van der Waals surface area contributed by atoms with Crippen LogP contribution in [-0.2, 0) is 17.9 Å². The van der Waals surface area contributed by atoms with Gasteiger partial charge < -0.3 is 20.4 Å². The summed E-state index contributed by atoms with van der Waals surface area (Å²) in [6, 6.07) is 7.91. The van der Waals surface area contributed by atoms with E-state index >= 15 is 0 Å². The molecule has 8 nitrogen and oxygen atoms in total. The van der Waals surface area contributed by atoms with Crippen molar-refractivity contribution in [3.63, 3.8) is 0 Å². The van der Waals surface area contributed by atoms with Crippen molar-refractivity contribution in [2.75, 3.05) is 25.5 Å². The molecule has 8 heteroatoms. The van der Waals surface area contributed by atoms with Crippen molar-refractivity contribution in [3.8, 4) is 5.75 Å². The normalized spacial score (nSPS) is 15.0. The van der Waals surface area contributed by atoms with Crippen molar-refractivity contribution in [2.45, 2.75) is 32.9 Å². The molecule has 30 heavy (non-hydrogen) atoms. The third-order valence-corrected chi connectivity index (χ3v) is 5.43. The molecule has 160 valence electrons. The number of primary amides is 1. The van der Waals surface area contributed by atoms with E-state index in [4.69, 9.17) is 10.5 Å². The minimum Gasteiger partial charge on any atom is -0.491 e. The number of pyridine rings is 1. The highest BCUT2D eigenvalue weighted by Crippen LogP contribution is 2.19. The van der Waals surface area contributed by atoms with Gasteiger partial charge in [0.05, 0.1) is 13.3 Å². The van der Waals surface area contributed by atoms with Gasteiger partial charge in [0.25, 0.3) is 0 Å². The van der Waals surface area contributed by atoms with Crippen molar-refractivity contribution in [1.82, 2.24) is 9.47 Å². The molecular weight excluding hydrogens is 384 g/mol. The Morgan fingerprint density at radius 3 is 2.47 bits per heavy atom. The second-order valence-electron chi connectivity index (χ2n) is 7.77. The second-order valence-corrected chi connectivity index (χ2v) is 7.77. The van der Waals surface area contributed by atoms with Crippen molar-refractivity contribution < 1.29 is 14.3 Å². The fourth-order valence-electron chi connectivity index (χ4n) is 3.55. The number of rotatable bonds is 7. The number of ether oxygens (including phenoxy) is 1. The maximum atomic E-state index is 12.6. The Balaban J connectivity index is 1.74. The van der Waals surface area contributed by atoms with Crippen LogP contribution in [0.5, 0.6) is 5.75 Å². The lowest BCUT2D eigenvalue weighted by Crippen LogP contribution is -2.34. The first kappa shape index (κ1) is 21.6. The molecule has 3 N–H and O–H groups in total. The van der Waals surface area contributed by atoms with E-state index < -0.39 is 5.91 Å². The molecule has 1 aliphatic rings. The van der Waals surface area contributed by atoms with Gasteiger partial charge in [-0.05, 0) is 56.1 Å². The first-order valence-corrected chi connectivity index (χ1v) is 10.0. The Labute approximate surface area is 175 Å². The zero-order valence-electron chi connectivity index (χ0n) is 17.4. The minimum atomic E-state index is -0.523. The molecule has 2 amide bonds. The smallest absolute Gasteiger partial charge is 0.248 e. The van der Waals surface area contributed by atoms with E-state index in [0.717, 1.165) is 31.6 Å². The van der Waals surface area contributed by atoms with Crippen LogP contribution in [0, 0.1) is 5.92 Å². The van der Waals surface area contributed by atoms with Crippen LogP contribution >= 0.6 is 0 Å². The van der Waals surface area contributed by atoms with Gasteiger partial charge in [-0.2, -0.15) is 0 Å². The topological polar surface area (TPSA) is 107 Å². The van der Waals surface area contributed by atoms with Crippen molar-refractivity contribution in [2.24, 2.45) is 11.7 Å². The van der Waals surface area contributed by atoms with Gasteiger partial charge in [0.15, 0.2) is 5.75 Å².